The Morgan fingerprint density at radius 1 is 1.04 bits per heavy atom. The molecule has 0 spiro atoms. The first-order chi connectivity index (χ1) is 12.3. The van der Waals surface area contributed by atoms with Crippen molar-refractivity contribution in [3.05, 3.63) is 96.3 Å². The second kappa shape index (κ2) is 6.44. The van der Waals surface area contributed by atoms with Crippen LogP contribution in [0.1, 0.15) is 22.6 Å². The molecule has 0 saturated carbocycles. The lowest BCUT2D eigenvalue weighted by molar-refractivity contribution is 0.144. The van der Waals surface area contributed by atoms with E-state index in [1.54, 1.807) is 12.4 Å². The van der Waals surface area contributed by atoms with Crippen LogP contribution in [0.4, 0.5) is 4.79 Å². The molecule has 2 aromatic carbocycles. The van der Waals surface area contributed by atoms with E-state index in [1.807, 2.05) is 36.4 Å². The number of allylic oxidation sites excluding steroid dienone is 1. The maximum absolute atomic E-state index is 12.4. The smallest absolute Gasteiger partial charge is 0.417 e. The number of benzene rings is 2. The first-order valence-electron chi connectivity index (χ1n) is 8.41. The van der Waals surface area contributed by atoms with E-state index < -0.39 is 0 Å². The van der Waals surface area contributed by atoms with Crippen molar-refractivity contribution in [3.8, 4) is 11.1 Å². The Hall–Kier alpha value is -3.07. The van der Waals surface area contributed by atoms with Gasteiger partial charge in [0.15, 0.2) is 0 Å². The van der Waals surface area contributed by atoms with Crippen molar-refractivity contribution in [2.75, 3.05) is 6.61 Å². The van der Waals surface area contributed by atoms with E-state index in [1.165, 1.54) is 26.8 Å². The van der Waals surface area contributed by atoms with E-state index in [2.05, 4.69) is 30.8 Å². The Bertz CT molecular complexity index is 893. The molecular formula is C22H19NO2. The van der Waals surface area contributed by atoms with Gasteiger partial charge in [0, 0.05) is 18.3 Å². The highest BCUT2D eigenvalue weighted by molar-refractivity contribution is 5.79. The van der Waals surface area contributed by atoms with Gasteiger partial charge in [-0.25, -0.2) is 4.79 Å². The van der Waals surface area contributed by atoms with Crippen LogP contribution in [0.2, 0.25) is 0 Å². The van der Waals surface area contributed by atoms with Crippen LogP contribution in [0.15, 0.2) is 79.6 Å². The van der Waals surface area contributed by atoms with Crippen molar-refractivity contribution in [2.45, 2.75) is 12.3 Å². The van der Waals surface area contributed by atoms with E-state index >= 15 is 0 Å². The summed E-state index contributed by atoms with van der Waals surface area (Å²) >= 11 is 0. The summed E-state index contributed by atoms with van der Waals surface area (Å²) in [6.45, 7) is 4.05. The Balaban J connectivity index is 1.54. The summed E-state index contributed by atoms with van der Waals surface area (Å²) in [4.78, 5) is 12.4. The Morgan fingerprint density at radius 3 is 2.32 bits per heavy atom. The minimum absolute atomic E-state index is 0.0829. The van der Waals surface area contributed by atoms with Gasteiger partial charge in [-0.2, -0.15) is 0 Å². The molecule has 0 aliphatic heterocycles. The standard InChI is InChI=1S/C22H19NO2/c1-2-7-16-12-13-23(14-16)22(24)25-15-21-19-10-5-3-8-17(19)18-9-4-6-11-20(18)21/h2-6,8-14,21H,1,7,15H2. The second-order valence-corrected chi connectivity index (χ2v) is 6.22. The van der Waals surface area contributed by atoms with Crippen LogP contribution in [0.5, 0.6) is 0 Å². The highest BCUT2D eigenvalue weighted by Crippen LogP contribution is 2.44. The molecule has 0 radical (unpaired) electrons. The SMILES string of the molecule is C=CCc1ccn(C(=O)OCC2c3ccccc3-c3ccccc32)c1. The molecule has 0 bridgehead atoms. The number of carbonyl (C=O) groups excluding carboxylic acids is 1. The number of aromatic nitrogens is 1. The lowest BCUT2D eigenvalue weighted by atomic mass is 9.98. The number of rotatable bonds is 4. The van der Waals surface area contributed by atoms with Crippen LogP contribution in [0.25, 0.3) is 11.1 Å². The molecule has 25 heavy (non-hydrogen) atoms. The van der Waals surface area contributed by atoms with E-state index in [9.17, 15) is 4.79 Å². The van der Waals surface area contributed by atoms with Gasteiger partial charge < -0.3 is 4.74 Å². The van der Waals surface area contributed by atoms with Crippen LogP contribution in [0, 0.1) is 0 Å². The quantitative estimate of drug-likeness (QED) is 0.630. The van der Waals surface area contributed by atoms with Crippen molar-refractivity contribution in [1.29, 1.82) is 0 Å². The van der Waals surface area contributed by atoms with E-state index in [0.717, 1.165) is 12.0 Å². The zero-order valence-electron chi connectivity index (χ0n) is 13.9. The molecule has 1 heterocycles. The monoisotopic (exact) mass is 329 g/mol. The van der Waals surface area contributed by atoms with Crippen molar-refractivity contribution in [2.24, 2.45) is 0 Å². The molecule has 0 amide bonds. The van der Waals surface area contributed by atoms with Crippen LogP contribution >= 0.6 is 0 Å². The van der Waals surface area contributed by atoms with Crippen LogP contribution in [0.3, 0.4) is 0 Å². The Kier molecular flexibility index (Phi) is 3.98. The highest BCUT2D eigenvalue weighted by Gasteiger charge is 2.29. The summed E-state index contributed by atoms with van der Waals surface area (Å²) in [5, 5.41) is 0. The number of hydrogen-bond donors (Lipinski definition) is 0. The first-order valence-corrected chi connectivity index (χ1v) is 8.41. The molecular weight excluding hydrogens is 310 g/mol. The minimum Gasteiger partial charge on any atom is -0.448 e. The molecule has 3 nitrogen and oxygen atoms in total. The van der Waals surface area contributed by atoms with Gasteiger partial charge in [0.05, 0.1) is 0 Å². The Labute approximate surface area is 147 Å². The first kappa shape index (κ1) is 15.5. The number of ether oxygens (including phenoxy) is 1. The van der Waals surface area contributed by atoms with Gasteiger partial charge in [-0.15, -0.1) is 6.58 Å². The number of carbonyl (C=O) groups is 1. The predicted molar refractivity (Wildman–Crippen MR) is 98.8 cm³/mol. The second-order valence-electron chi connectivity index (χ2n) is 6.22. The van der Waals surface area contributed by atoms with Gasteiger partial charge >= 0.3 is 6.09 Å². The maximum atomic E-state index is 12.4. The summed E-state index contributed by atoms with van der Waals surface area (Å²) < 4.78 is 7.11. The predicted octanol–water partition coefficient (Wildman–Crippen LogP) is 5.01. The van der Waals surface area contributed by atoms with Crippen molar-refractivity contribution in [3.63, 3.8) is 0 Å². The summed E-state index contributed by atoms with van der Waals surface area (Å²) in [5.41, 5.74) is 5.94. The normalized spacial score (nSPS) is 12.5. The molecule has 4 rings (SSSR count). The van der Waals surface area contributed by atoms with Crippen molar-refractivity contribution < 1.29 is 9.53 Å². The average Bonchev–Trinajstić information content (AvgIpc) is 3.23. The number of fused-ring (bicyclic) bond motifs is 3. The van der Waals surface area contributed by atoms with E-state index in [0.29, 0.717) is 6.61 Å². The highest BCUT2D eigenvalue weighted by atomic mass is 16.5. The number of nitrogens with zero attached hydrogens (tertiary/aromatic N) is 1. The largest absolute Gasteiger partial charge is 0.448 e. The third kappa shape index (κ3) is 2.78. The molecule has 3 heteroatoms. The van der Waals surface area contributed by atoms with Crippen molar-refractivity contribution >= 4 is 6.09 Å². The molecule has 3 aromatic rings. The lowest BCUT2D eigenvalue weighted by Gasteiger charge is -2.14. The zero-order valence-corrected chi connectivity index (χ0v) is 13.9. The summed E-state index contributed by atoms with van der Waals surface area (Å²) in [5.74, 6) is 0.0829. The van der Waals surface area contributed by atoms with Gasteiger partial charge in [-0.05, 0) is 40.3 Å². The molecule has 0 N–H and O–H groups in total. The zero-order chi connectivity index (χ0) is 17.2. The van der Waals surface area contributed by atoms with Crippen molar-refractivity contribution in [1.82, 2.24) is 4.57 Å². The molecule has 1 aliphatic rings. The van der Waals surface area contributed by atoms with Gasteiger partial charge in [-0.3, -0.25) is 4.57 Å². The molecule has 0 saturated heterocycles. The Morgan fingerprint density at radius 2 is 1.68 bits per heavy atom. The minimum atomic E-state index is -0.350. The fourth-order valence-electron chi connectivity index (χ4n) is 3.51. The molecule has 0 atom stereocenters. The molecule has 1 aromatic heterocycles. The molecule has 1 aliphatic carbocycles. The fourth-order valence-corrected chi connectivity index (χ4v) is 3.51. The lowest BCUT2D eigenvalue weighted by Crippen LogP contribution is -2.16. The molecule has 124 valence electrons. The molecule has 0 unspecified atom stereocenters. The summed E-state index contributed by atoms with van der Waals surface area (Å²) in [7, 11) is 0. The van der Waals surface area contributed by atoms with Gasteiger partial charge in [0.25, 0.3) is 0 Å². The topological polar surface area (TPSA) is 31.2 Å². The van der Waals surface area contributed by atoms with E-state index in [4.69, 9.17) is 4.74 Å². The third-order valence-electron chi connectivity index (χ3n) is 4.68. The van der Waals surface area contributed by atoms with E-state index in [-0.39, 0.29) is 12.0 Å². The van der Waals surface area contributed by atoms with Gasteiger partial charge in [0.1, 0.15) is 6.61 Å². The summed E-state index contributed by atoms with van der Waals surface area (Å²) in [6, 6.07) is 18.6. The van der Waals surface area contributed by atoms with Crippen LogP contribution < -0.4 is 0 Å². The third-order valence-corrected chi connectivity index (χ3v) is 4.68. The van der Waals surface area contributed by atoms with Crippen LogP contribution in [-0.2, 0) is 11.2 Å². The molecule has 0 fully saturated rings. The summed E-state index contributed by atoms with van der Waals surface area (Å²) in [6.07, 6.45) is 5.73. The van der Waals surface area contributed by atoms with Crippen LogP contribution in [-0.4, -0.2) is 17.3 Å². The van der Waals surface area contributed by atoms with Gasteiger partial charge in [0.2, 0.25) is 0 Å². The van der Waals surface area contributed by atoms with Gasteiger partial charge in [-0.1, -0.05) is 54.6 Å². The maximum Gasteiger partial charge on any atom is 0.417 e. The fraction of sp³-hybridized carbons (Fsp3) is 0.136. The number of hydrogen-bond acceptors (Lipinski definition) is 2. The average molecular weight is 329 g/mol.